The van der Waals surface area contributed by atoms with E-state index in [0.717, 1.165) is 25.7 Å². The van der Waals surface area contributed by atoms with Gasteiger partial charge in [0.2, 0.25) is 5.79 Å². The van der Waals surface area contributed by atoms with Crippen molar-refractivity contribution >= 4 is 13.8 Å². The van der Waals surface area contributed by atoms with Crippen LogP contribution in [0.15, 0.2) is 11.6 Å². The summed E-state index contributed by atoms with van der Waals surface area (Å²) in [6.45, 7) is 6.01. The molecule has 0 aromatic carbocycles. The standard InChI is InChI=1S/C21H39O8P/c1-4-7-8-9-10-11-12-13-14-15-19(26-5-2)21(28-6-3,29-30(23,24)25)18-16-17-27-20(18)22/h16,19H,4-15,17H2,1-3H3,(H2,23,24,25). The topological polar surface area (TPSA) is 112 Å². The summed E-state index contributed by atoms with van der Waals surface area (Å²) in [4.78, 5) is 31.4. The van der Waals surface area contributed by atoms with E-state index in [2.05, 4.69) is 6.92 Å². The fourth-order valence-electron chi connectivity index (χ4n) is 3.74. The van der Waals surface area contributed by atoms with E-state index in [1.807, 2.05) is 0 Å². The van der Waals surface area contributed by atoms with Crippen LogP contribution in [-0.4, -0.2) is 47.5 Å². The lowest BCUT2D eigenvalue weighted by molar-refractivity contribution is -0.233. The number of carbonyl (C=O) groups excluding carboxylic acids is 1. The van der Waals surface area contributed by atoms with E-state index in [9.17, 15) is 19.1 Å². The van der Waals surface area contributed by atoms with Crippen molar-refractivity contribution in [3.63, 3.8) is 0 Å². The quantitative estimate of drug-likeness (QED) is 0.134. The molecule has 0 fully saturated rings. The summed E-state index contributed by atoms with van der Waals surface area (Å²) in [6.07, 6.45) is 11.3. The van der Waals surface area contributed by atoms with Crippen LogP contribution < -0.4 is 0 Å². The summed E-state index contributed by atoms with van der Waals surface area (Å²) >= 11 is 0. The number of carbonyl (C=O) groups is 1. The third-order valence-electron chi connectivity index (χ3n) is 5.07. The van der Waals surface area contributed by atoms with E-state index >= 15 is 0 Å². The molecule has 2 unspecified atom stereocenters. The van der Waals surface area contributed by atoms with Crippen molar-refractivity contribution in [3.05, 3.63) is 11.6 Å². The number of hydrogen-bond donors (Lipinski definition) is 2. The summed E-state index contributed by atoms with van der Waals surface area (Å²) in [6, 6.07) is 0. The van der Waals surface area contributed by atoms with Gasteiger partial charge in [0.1, 0.15) is 12.7 Å². The predicted octanol–water partition coefficient (Wildman–Crippen LogP) is 4.64. The lowest BCUT2D eigenvalue weighted by Gasteiger charge is -2.39. The fraction of sp³-hybridized carbons (Fsp3) is 0.857. The zero-order valence-corrected chi connectivity index (χ0v) is 19.5. The second-order valence-electron chi connectivity index (χ2n) is 7.46. The summed E-state index contributed by atoms with van der Waals surface area (Å²) in [5, 5.41) is 0. The Morgan fingerprint density at radius 2 is 1.63 bits per heavy atom. The van der Waals surface area contributed by atoms with Crippen LogP contribution in [-0.2, 0) is 28.1 Å². The molecule has 8 nitrogen and oxygen atoms in total. The second kappa shape index (κ2) is 14.3. The molecular weight excluding hydrogens is 411 g/mol. The van der Waals surface area contributed by atoms with Crippen molar-refractivity contribution in [3.8, 4) is 0 Å². The van der Waals surface area contributed by atoms with E-state index in [0.29, 0.717) is 6.42 Å². The number of rotatable bonds is 18. The van der Waals surface area contributed by atoms with Crippen LogP contribution in [0.2, 0.25) is 0 Å². The third kappa shape index (κ3) is 9.16. The van der Waals surface area contributed by atoms with E-state index < -0.39 is 25.7 Å². The average Bonchev–Trinajstić information content (AvgIpc) is 3.11. The lowest BCUT2D eigenvalue weighted by Crippen LogP contribution is -2.51. The first kappa shape index (κ1) is 27.3. The van der Waals surface area contributed by atoms with Gasteiger partial charge in [-0.1, -0.05) is 64.7 Å². The maximum absolute atomic E-state index is 12.3. The van der Waals surface area contributed by atoms with Gasteiger partial charge >= 0.3 is 13.8 Å². The van der Waals surface area contributed by atoms with Crippen molar-refractivity contribution in [2.75, 3.05) is 19.8 Å². The fourth-order valence-corrected chi connectivity index (χ4v) is 4.36. The molecule has 176 valence electrons. The molecule has 1 heterocycles. The van der Waals surface area contributed by atoms with Crippen LogP contribution >= 0.6 is 7.82 Å². The van der Waals surface area contributed by atoms with Gasteiger partial charge in [-0.2, -0.15) is 0 Å². The zero-order chi connectivity index (χ0) is 22.5. The van der Waals surface area contributed by atoms with Gasteiger partial charge < -0.3 is 24.0 Å². The highest BCUT2D eigenvalue weighted by atomic mass is 31.2. The molecule has 2 atom stereocenters. The SMILES string of the molecule is CCCCCCCCCCCC(OCC)C(OCC)(OP(=O)(O)O)C1=CCOC1=O. The number of esters is 1. The van der Waals surface area contributed by atoms with Crippen molar-refractivity contribution in [2.45, 2.75) is 96.9 Å². The molecule has 0 saturated heterocycles. The Morgan fingerprint density at radius 3 is 2.10 bits per heavy atom. The molecule has 1 aliphatic rings. The number of phosphoric ester groups is 1. The van der Waals surface area contributed by atoms with Gasteiger partial charge in [0, 0.05) is 13.2 Å². The Labute approximate surface area is 180 Å². The molecule has 2 N–H and O–H groups in total. The Hall–Kier alpha value is -0.760. The smallest absolute Gasteiger partial charge is 0.458 e. The Morgan fingerprint density at radius 1 is 1.03 bits per heavy atom. The summed E-state index contributed by atoms with van der Waals surface area (Å²) < 4.78 is 33.3. The minimum absolute atomic E-state index is 0.00435. The first-order valence-corrected chi connectivity index (χ1v) is 12.7. The molecule has 0 saturated carbocycles. The number of cyclic esters (lactones) is 1. The second-order valence-corrected chi connectivity index (χ2v) is 8.62. The first-order chi connectivity index (χ1) is 14.3. The largest absolute Gasteiger partial charge is 0.472 e. The van der Waals surface area contributed by atoms with E-state index in [1.165, 1.54) is 38.2 Å². The van der Waals surface area contributed by atoms with Crippen LogP contribution in [0.5, 0.6) is 0 Å². The summed E-state index contributed by atoms with van der Waals surface area (Å²) in [5.41, 5.74) is -0.0537. The molecule has 0 radical (unpaired) electrons. The van der Waals surface area contributed by atoms with Crippen molar-refractivity contribution in [1.29, 1.82) is 0 Å². The lowest BCUT2D eigenvalue weighted by atomic mass is 9.95. The molecule has 0 spiro atoms. The summed E-state index contributed by atoms with van der Waals surface area (Å²) in [5.74, 6) is -2.72. The molecule has 0 amide bonds. The minimum Gasteiger partial charge on any atom is -0.458 e. The maximum Gasteiger partial charge on any atom is 0.472 e. The monoisotopic (exact) mass is 450 g/mol. The average molecular weight is 451 g/mol. The summed E-state index contributed by atoms with van der Waals surface area (Å²) in [7, 11) is -4.99. The Kier molecular flexibility index (Phi) is 13.0. The van der Waals surface area contributed by atoms with Crippen LogP contribution in [0.3, 0.4) is 0 Å². The van der Waals surface area contributed by atoms with E-state index in [-0.39, 0.29) is 25.4 Å². The molecule has 0 bridgehead atoms. The number of hydrogen-bond acceptors (Lipinski definition) is 6. The molecule has 0 aromatic heterocycles. The van der Waals surface area contributed by atoms with Crippen LogP contribution in [0.1, 0.15) is 85.0 Å². The molecule has 0 aliphatic carbocycles. The van der Waals surface area contributed by atoms with Crippen molar-refractivity contribution in [2.24, 2.45) is 0 Å². The van der Waals surface area contributed by atoms with Gasteiger partial charge in [-0.15, -0.1) is 0 Å². The number of ether oxygens (including phenoxy) is 3. The van der Waals surface area contributed by atoms with E-state index in [4.69, 9.17) is 18.7 Å². The Balaban J connectivity index is 2.81. The molecule has 1 rings (SSSR count). The van der Waals surface area contributed by atoms with Gasteiger partial charge in [0.05, 0.1) is 5.57 Å². The van der Waals surface area contributed by atoms with E-state index in [1.54, 1.807) is 13.8 Å². The highest BCUT2D eigenvalue weighted by Gasteiger charge is 2.53. The normalized spacial score (nSPS) is 17.5. The third-order valence-corrected chi connectivity index (χ3v) is 5.58. The molecular formula is C21H39O8P. The van der Waals surface area contributed by atoms with Gasteiger partial charge in [0.15, 0.2) is 0 Å². The van der Waals surface area contributed by atoms with Crippen molar-refractivity contribution < 1.29 is 37.9 Å². The van der Waals surface area contributed by atoms with Crippen LogP contribution in [0, 0.1) is 0 Å². The van der Waals surface area contributed by atoms with Crippen molar-refractivity contribution in [1.82, 2.24) is 0 Å². The first-order valence-electron chi connectivity index (χ1n) is 11.2. The molecule has 30 heavy (non-hydrogen) atoms. The highest BCUT2D eigenvalue weighted by Crippen LogP contribution is 2.48. The van der Waals surface area contributed by atoms with Crippen LogP contribution in [0.4, 0.5) is 0 Å². The van der Waals surface area contributed by atoms with Gasteiger partial charge in [-0.3, -0.25) is 0 Å². The number of unbranched alkanes of at least 4 members (excludes halogenated alkanes) is 8. The predicted molar refractivity (Wildman–Crippen MR) is 114 cm³/mol. The maximum atomic E-state index is 12.3. The molecule has 0 aromatic rings. The van der Waals surface area contributed by atoms with Gasteiger partial charge in [-0.05, 0) is 26.3 Å². The van der Waals surface area contributed by atoms with Crippen LogP contribution in [0.25, 0.3) is 0 Å². The minimum atomic E-state index is -4.99. The zero-order valence-electron chi connectivity index (χ0n) is 18.6. The van der Waals surface area contributed by atoms with Gasteiger partial charge in [-0.25, -0.2) is 13.9 Å². The highest BCUT2D eigenvalue weighted by molar-refractivity contribution is 7.46. The number of phosphoric acid groups is 1. The molecule has 9 heteroatoms. The molecule has 1 aliphatic heterocycles. The Bertz CT molecular complexity index is 573. The van der Waals surface area contributed by atoms with Gasteiger partial charge in [0.25, 0.3) is 0 Å².